The Balaban J connectivity index is 2.40. The Hall–Kier alpha value is -0.970. The third kappa shape index (κ3) is 2.34. The molecular formula is C13H12BrNOS. The highest BCUT2D eigenvalue weighted by molar-refractivity contribution is 9.10. The second-order valence-corrected chi connectivity index (χ2v) is 5.63. The van der Waals surface area contributed by atoms with Gasteiger partial charge in [0.2, 0.25) is 0 Å². The van der Waals surface area contributed by atoms with Gasteiger partial charge < -0.3 is 5.73 Å². The zero-order chi connectivity index (χ0) is 12.5. The van der Waals surface area contributed by atoms with Gasteiger partial charge in [-0.15, -0.1) is 0 Å². The summed E-state index contributed by atoms with van der Waals surface area (Å²) in [6, 6.07) is 9.42. The quantitative estimate of drug-likeness (QED) is 0.881. The molecule has 2 N–H and O–H groups in total. The van der Waals surface area contributed by atoms with Crippen LogP contribution in [0.3, 0.4) is 0 Å². The average Bonchev–Trinajstić information content (AvgIpc) is 2.75. The molecule has 0 aliphatic carbocycles. The van der Waals surface area contributed by atoms with E-state index < -0.39 is 5.54 Å². The molecule has 0 saturated carbocycles. The predicted octanol–water partition coefficient (Wildman–Crippen LogP) is 3.57. The lowest BCUT2D eigenvalue weighted by Gasteiger charge is -2.23. The molecule has 0 spiro atoms. The van der Waals surface area contributed by atoms with Gasteiger partial charge in [-0.2, -0.15) is 11.3 Å². The van der Waals surface area contributed by atoms with Crippen LogP contribution in [0.25, 0.3) is 0 Å². The summed E-state index contributed by atoms with van der Waals surface area (Å²) in [5.41, 5.74) is 6.65. The molecule has 0 aliphatic heterocycles. The van der Waals surface area contributed by atoms with Gasteiger partial charge in [-0.3, -0.25) is 4.79 Å². The van der Waals surface area contributed by atoms with Crippen molar-refractivity contribution in [2.45, 2.75) is 12.5 Å². The number of nitrogens with two attached hydrogens (primary N) is 1. The van der Waals surface area contributed by atoms with Crippen molar-refractivity contribution in [2.75, 3.05) is 0 Å². The normalized spacial score (nSPS) is 14.3. The fourth-order valence-electron chi connectivity index (χ4n) is 1.64. The first-order valence-corrected chi connectivity index (χ1v) is 6.88. The van der Waals surface area contributed by atoms with Crippen molar-refractivity contribution in [2.24, 2.45) is 5.73 Å². The topological polar surface area (TPSA) is 43.1 Å². The minimum absolute atomic E-state index is 0.0724. The lowest BCUT2D eigenvalue weighted by Crippen LogP contribution is -2.41. The fourth-order valence-corrected chi connectivity index (χ4v) is 3.09. The van der Waals surface area contributed by atoms with Crippen LogP contribution < -0.4 is 5.73 Å². The van der Waals surface area contributed by atoms with E-state index in [1.807, 2.05) is 41.1 Å². The molecule has 0 saturated heterocycles. The summed E-state index contributed by atoms with van der Waals surface area (Å²) in [5, 5.41) is 3.70. The number of thiophene rings is 1. The zero-order valence-electron chi connectivity index (χ0n) is 9.31. The zero-order valence-corrected chi connectivity index (χ0v) is 11.7. The number of carbonyl (C=O) groups is 1. The lowest BCUT2D eigenvalue weighted by atomic mass is 9.86. The summed E-state index contributed by atoms with van der Waals surface area (Å²) in [4.78, 5) is 12.4. The Kier molecular flexibility index (Phi) is 3.47. The van der Waals surface area contributed by atoms with Crippen LogP contribution in [0.5, 0.6) is 0 Å². The van der Waals surface area contributed by atoms with E-state index in [1.54, 1.807) is 6.92 Å². The van der Waals surface area contributed by atoms with Gasteiger partial charge in [0.05, 0.1) is 0 Å². The number of halogens is 1. The number of rotatable bonds is 3. The minimum Gasteiger partial charge on any atom is -0.315 e. The third-order valence-corrected chi connectivity index (χ3v) is 4.41. The number of benzene rings is 1. The van der Waals surface area contributed by atoms with E-state index >= 15 is 0 Å². The molecule has 2 aromatic rings. The van der Waals surface area contributed by atoms with E-state index in [1.165, 1.54) is 11.3 Å². The van der Waals surface area contributed by atoms with Gasteiger partial charge in [-0.05, 0) is 28.4 Å². The fraction of sp³-hybridized carbons (Fsp3) is 0.154. The van der Waals surface area contributed by atoms with Crippen molar-refractivity contribution < 1.29 is 4.79 Å². The molecule has 0 radical (unpaired) electrons. The summed E-state index contributed by atoms with van der Waals surface area (Å²) < 4.78 is 0.806. The minimum atomic E-state index is -0.995. The highest BCUT2D eigenvalue weighted by atomic mass is 79.9. The number of hydrogen-bond donors (Lipinski definition) is 1. The van der Waals surface area contributed by atoms with Crippen LogP contribution in [0.15, 0.2) is 45.6 Å². The molecule has 2 rings (SSSR count). The summed E-state index contributed by atoms with van der Waals surface area (Å²) in [6.07, 6.45) is 0. The SMILES string of the molecule is CC(N)(C(=O)c1cscc1Br)c1ccccc1. The van der Waals surface area contributed by atoms with Crippen molar-refractivity contribution in [3.63, 3.8) is 0 Å². The van der Waals surface area contributed by atoms with Crippen LogP contribution in [0.2, 0.25) is 0 Å². The summed E-state index contributed by atoms with van der Waals surface area (Å²) in [6.45, 7) is 1.74. The van der Waals surface area contributed by atoms with Gasteiger partial charge in [0.1, 0.15) is 5.54 Å². The molecule has 0 aliphatic rings. The van der Waals surface area contributed by atoms with Crippen LogP contribution in [0, 0.1) is 0 Å². The number of Topliss-reactive ketones (excluding diaryl/α,β-unsaturated/α-hetero) is 1. The van der Waals surface area contributed by atoms with E-state index in [9.17, 15) is 4.79 Å². The van der Waals surface area contributed by atoms with Crippen molar-refractivity contribution in [1.29, 1.82) is 0 Å². The Labute approximate surface area is 113 Å². The smallest absolute Gasteiger partial charge is 0.188 e. The first-order valence-electron chi connectivity index (χ1n) is 5.14. The molecule has 4 heteroatoms. The van der Waals surface area contributed by atoms with E-state index in [2.05, 4.69) is 15.9 Å². The number of hydrogen-bond acceptors (Lipinski definition) is 3. The molecule has 1 heterocycles. The third-order valence-electron chi connectivity index (χ3n) is 2.70. The molecule has 1 aromatic carbocycles. The van der Waals surface area contributed by atoms with E-state index in [-0.39, 0.29) is 5.78 Å². The molecule has 17 heavy (non-hydrogen) atoms. The summed E-state index contributed by atoms with van der Waals surface area (Å²) in [7, 11) is 0. The van der Waals surface area contributed by atoms with Crippen molar-refractivity contribution in [3.8, 4) is 0 Å². The Morgan fingerprint density at radius 3 is 2.47 bits per heavy atom. The number of ketones is 1. The molecule has 2 nitrogen and oxygen atoms in total. The van der Waals surface area contributed by atoms with Crippen LogP contribution in [-0.4, -0.2) is 5.78 Å². The van der Waals surface area contributed by atoms with Crippen molar-refractivity contribution in [3.05, 3.63) is 56.7 Å². The first kappa shape index (κ1) is 12.5. The lowest BCUT2D eigenvalue weighted by molar-refractivity contribution is 0.0899. The molecule has 88 valence electrons. The van der Waals surface area contributed by atoms with Gasteiger partial charge in [-0.25, -0.2) is 0 Å². The Bertz CT molecular complexity index is 533. The maximum Gasteiger partial charge on any atom is 0.188 e. The van der Waals surface area contributed by atoms with Gasteiger partial charge >= 0.3 is 0 Å². The van der Waals surface area contributed by atoms with Gasteiger partial charge in [0.25, 0.3) is 0 Å². The Morgan fingerprint density at radius 1 is 1.29 bits per heavy atom. The molecule has 1 atom stereocenters. The molecule has 1 aromatic heterocycles. The van der Waals surface area contributed by atoms with Crippen LogP contribution in [-0.2, 0) is 5.54 Å². The first-order chi connectivity index (χ1) is 8.03. The largest absolute Gasteiger partial charge is 0.315 e. The second-order valence-electron chi connectivity index (χ2n) is 4.03. The van der Waals surface area contributed by atoms with Crippen LogP contribution in [0.1, 0.15) is 22.8 Å². The maximum atomic E-state index is 12.4. The average molecular weight is 310 g/mol. The summed E-state index contributed by atoms with van der Waals surface area (Å²) in [5.74, 6) is -0.0724. The molecular weight excluding hydrogens is 298 g/mol. The monoisotopic (exact) mass is 309 g/mol. The highest BCUT2D eigenvalue weighted by Crippen LogP contribution is 2.29. The van der Waals surface area contributed by atoms with Crippen molar-refractivity contribution >= 4 is 33.0 Å². The van der Waals surface area contributed by atoms with Gasteiger partial charge in [0.15, 0.2) is 5.78 Å². The van der Waals surface area contributed by atoms with Gasteiger partial charge in [0, 0.05) is 20.8 Å². The molecule has 0 fully saturated rings. The van der Waals surface area contributed by atoms with Crippen LogP contribution >= 0.6 is 27.3 Å². The van der Waals surface area contributed by atoms with Gasteiger partial charge in [-0.1, -0.05) is 30.3 Å². The van der Waals surface area contributed by atoms with E-state index in [0.29, 0.717) is 5.56 Å². The summed E-state index contributed by atoms with van der Waals surface area (Å²) >= 11 is 4.85. The maximum absolute atomic E-state index is 12.4. The second kappa shape index (κ2) is 4.72. The predicted molar refractivity (Wildman–Crippen MR) is 74.3 cm³/mol. The molecule has 1 unspecified atom stereocenters. The Morgan fingerprint density at radius 2 is 1.94 bits per heavy atom. The highest BCUT2D eigenvalue weighted by Gasteiger charge is 2.32. The van der Waals surface area contributed by atoms with Crippen LogP contribution in [0.4, 0.5) is 0 Å². The van der Waals surface area contributed by atoms with Crippen molar-refractivity contribution in [1.82, 2.24) is 0 Å². The molecule has 0 bridgehead atoms. The van der Waals surface area contributed by atoms with E-state index in [4.69, 9.17) is 5.73 Å². The molecule has 0 amide bonds. The number of carbonyl (C=O) groups excluding carboxylic acids is 1. The standard InChI is InChI=1S/C13H12BrNOS/c1-13(15,9-5-3-2-4-6-9)12(16)10-7-17-8-11(10)14/h2-8H,15H2,1H3. The van der Waals surface area contributed by atoms with E-state index in [0.717, 1.165) is 10.0 Å².